The Balaban J connectivity index is 2.06. The third-order valence-corrected chi connectivity index (χ3v) is 3.30. The monoisotopic (exact) mass is 290 g/mol. The van der Waals surface area contributed by atoms with Crippen molar-refractivity contribution in [3.05, 3.63) is 59.2 Å². The number of rotatable bonds is 5. The van der Waals surface area contributed by atoms with E-state index in [9.17, 15) is 9.18 Å². The van der Waals surface area contributed by atoms with Crippen molar-refractivity contribution < 1.29 is 14.3 Å². The van der Waals surface area contributed by atoms with Crippen LogP contribution in [0.15, 0.2) is 36.5 Å². The van der Waals surface area contributed by atoms with E-state index in [-0.39, 0.29) is 30.7 Å². The van der Waals surface area contributed by atoms with E-state index in [1.165, 1.54) is 6.07 Å². The van der Waals surface area contributed by atoms with Gasteiger partial charge >= 0.3 is 0 Å². The van der Waals surface area contributed by atoms with Crippen molar-refractivity contribution in [2.75, 3.05) is 0 Å². The van der Waals surface area contributed by atoms with Crippen molar-refractivity contribution >= 4 is 5.91 Å². The van der Waals surface area contributed by atoms with Crippen LogP contribution in [0.5, 0.6) is 0 Å². The smallest absolute Gasteiger partial charge is 0.268 e. The minimum absolute atomic E-state index is 0.177. The van der Waals surface area contributed by atoms with Gasteiger partial charge in [0.05, 0.1) is 6.61 Å². The van der Waals surface area contributed by atoms with Crippen LogP contribution in [0.1, 0.15) is 41.5 Å². The molecular formula is C16H19FN2O2. The highest BCUT2D eigenvalue weighted by atomic mass is 19.1. The number of aromatic nitrogens is 1. The number of hydrogen-bond acceptors (Lipinski definition) is 2. The van der Waals surface area contributed by atoms with Crippen molar-refractivity contribution in [2.45, 2.75) is 33.0 Å². The van der Waals surface area contributed by atoms with Crippen molar-refractivity contribution in [1.29, 1.82) is 0 Å². The summed E-state index contributed by atoms with van der Waals surface area (Å²) in [6, 6.07) is 8.24. The zero-order chi connectivity index (χ0) is 15.4. The van der Waals surface area contributed by atoms with E-state index in [1.807, 2.05) is 30.7 Å². The number of aliphatic hydroxyl groups is 1. The van der Waals surface area contributed by atoms with E-state index in [1.54, 1.807) is 18.2 Å². The van der Waals surface area contributed by atoms with Gasteiger partial charge in [-0.15, -0.1) is 0 Å². The highest BCUT2D eigenvalue weighted by Crippen LogP contribution is 2.12. The molecular weight excluding hydrogens is 271 g/mol. The number of aliphatic hydroxyl groups excluding tert-OH is 1. The first-order valence-corrected chi connectivity index (χ1v) is 6.86. The lowest BCUT2D eigenvalue weighted by molar-refractivity contribution is 0.0940. The molecule has 1 aromatic carbocycles. The maximum absolute atomic E-state index is 13.3. The SMILES string of the molecule is CC(C)n1cccc1C(=O)NCc1ccc(F)c(CO)c1. The Kier molecular flexibility index (Phi) is 4.75. The summed E-state index contributed by atoms with van der Waals surface area (Å²) in [6.45, 7) is 3.94. The van der Waals surface area contributed by atoms with E-state index in [2.05, 4.69) is 5.32 Å². The number of carbonyl (C=O) groups excluding carboxylic acids is 1. The molecule has 2 rings (SSSR count). The topological polar surface area (TPSA) is 54.3 Å². The molecule has 1 amide bonds. The molecule has 0 saturated heterocycles. The maximum Gasteiger partial charge on any atom is 0.268 e. The van der Waals surface area contributed by atoms with Gasteiger partial charge in [0.2, 0.25) is 0 Å². The number of benzene rings is 1. The molecule has 0 bridgehead atoms. The molecule has 112 valence electrons. The first-order valence-electron chi connectivity index (χ1n) is 6.86. The minimum atomic E-state index is -0.443. The fourth-order valence-corrected chi connectivity index (χ4v) is 2.17. The lowest BCUT2D eigenvalue weighted by atomic mass is 10.1. The summed E-state index contributed by atoms with van der Waals surface area (Å²) in [4.78, 5) is 12.2. The van der Waals surface area contributed by atoms with Crippen molar-refractivity contribution in [1.82, 2.24) is 9.88 Å². The van der Waals surface area contributed by atoms with Gasteiger partial charge in [0.25, 0.3) is 5.91 Å². The van der Waals surface area contributed by atoms with Gasteiger partial charge in [-0.1, -0.05) is 6.07 Å². The molecule has 0 radical (unpaired) electrons. The minimum Gasteiger partial charge on any atom is -0.392 e. The zero-order valence-electron chi connectivity index (χ0n) is 12.1. The first kappa shape index (κ1) is 15.3. The van der Waals surface area contributed by atoms with Crippen LogP contribution in [-0.2, 0) is 13.2 Å². The molecule has 21 heavy (non-hydrogen) atoms. The van der Waals surface area contributed by atoms with E-state index in [0.29, 0.717) is 5.69 Å². The summed E-state index contributed by atoms with van der Waals surface area (Å²) < 4.78 is 15.2. The standard InChI is InChI=1S/C16H19FN2O2/c1-11(2)19-7-3-4-15(19)16(21)18-9-12-5-6-14(17)13(8-12)10-20/h3-8,11,20H,9-10H2,1-2H3,(H,18,21). The van der Waals surface area contributed by atoms with Gasteiger partial charge in [0, 0.05) is 24.3 Å². The van der Waals surface area contributed by atoms with Crippen LogP contribution in [0, 0.1) is 5.82 Å². The molecule has 1 heterocycles. The van der Waals surface area contributed by atoms with Gasteiger partial charge in [-0.3, -0.25) is 4.79 Å². The summed E-state index contributed by atoms with van der Waals surface area (Å²) in [5.74, 6) is -0.621. The van der Waals surface area contributed by atoms with Crippen LogP contribution in [0.25, 0.3) is 0 Å². The Bertz CT molecular complexity index is 635. The maximum atomic E-state index is 13.3. The number of halogens is 1. The molecule has 2 aromatic rings. The first-order chi connectivity index (χ1) is 10.0. The molecule has 0 spiro atoms. The van der Waals surface area contributed by atoms with Gasteiger partial charge in [0.15, 0.2) is 0 Å². The van der Waals surface area contributed by atoms with E-state index in [0.717, 1.165) is 5.56 Å². The predicted molar refractivity (Wildman–Crippen MR) is 78.3 cm³/mol. The third kappa shape index (κ3) is 3.49. The Morgan fingerprint density at radius 3 is 2.81 bits per heavy atom. The molecule has 0 atom stereocenters. The van der Waals surface area contributed by atoms with Gasteiger partial charge < -0.3 is 15.0 Å². The Morgan fingerprint density at radius 1 is 1.38 bits per heavy atom. The van der Waals surface area contributed by atoms with Gasteiger partial charge in [-0.05, 0) is 43.7 Å². The average Bonchev–Trinajstić information content (AvgIpc) is 2.95. The van der Waals surface area contributed by atoms with Crippen molar-refractivity contribution in [2.24, 2.45) is 0 Å². The lowest BCUT2D eigenvalue weighted by Crippen LogP contribution is -2.25. The Hall–Kier alpha value is -2.14. The van der Waals surface area contributed by atoms with Crippen molar-refractivity contribution in [3.8, 4) is 0 Å². The second-order valence-electron chi connectivity index (χ2n) is 5.16. The number of carbonyl (C=O) groups is 1. The third-order valence-electron chi connectivity index (χ3n) is 3.30. The second-order valence-corrected chi connectivity index (χ2v) is 5.16. The summed E-state index contributed by atoms with van der Waals surface area (Å²) in [5, 5.41) is 11.8. The fourth-order valence-electron chi connectivity index (χ4n) is 2.17. The molecule has 0 saturated carbocycles. The summed E-state index contributed by atoms with van der Waals surface area (Å²) in [6.07, 6.45) is 1.86. The van der Waals surface area contributed by atoms with Crippen LogP contribution in [-0.4, -0.2) is 15.6 Å². The second kappa shape index (κ2) is 6.54. The zero-order valence-corrected chi connectivity index (χ0v) is 12.1. The van der Waals surface area contributed by atoms with Gasteiger partial charge in [-0.2, -0.15) is 0 Å². The molecule has 0 aliphatic heterocycles. The van der Waals surface area contributed by atoms with E-state index < -0.39 is 5.82 Å². The van der Waals surface area contributed by atoms with Crippen LogP contribution < -0.4 is 5.32 Å². The van der Waals surface area contributed by atoms with Crippen LogP contribution in [0.3, 0.4) is 0 Å². The highest BCUT2D eigenvalue weighted by Gasteiger charge is 2.12. The Morgan fingerprint density at radius 2 is 2.14 bits per heavy atom. The summed E-state index contributed by atoms with van der Waals surface area (Å²) in [7, 11) is 0. The number of nitrogens with zero attached hydrogens (tertiary/aromatic N) is 1. The fraction of sp³-hybridized carbons (Fsp3) is 0.312. The number of amides is 1. The highest BCUT2D eigenvalue weighted by molar-refractivity contribution is 5.92. The largest absolute Gasteiger partial charge is 0.392 e. The molecule has 2 N–H and O–H groups in total. The van der Waals surface area contributed by atoms with Crippen LogP contribution >= 0.6 is 0 Å². The lowest BCUT2D eigenvalue weighted by Gasteiger charge is -2.13. The quantitative estimate of drug-likeness (QED) is 0.889. The van der Waals surface area contributed by atoms with Gasteiger partial charge in [0.1, 0.15) is 11.5 Å². The molecule has 4 nitrogen and oxygen atoms in total. The molecule has 1 aromatic heterocycles. The summed E-state index contributed by atoms with van der Waals surface area (Å²) in [5.41, 5.74) is 1.57. The normalized spacial score (nSPS) is 10.9. The number of nitrogens with one attached hydrogen (secondary N) is 1. The predicted octanol–water partition coefficient (Wildman–Crippen LogP) is 2.63. The Labute approximate surface area is 123 Å². The van der Waals surface area contributed by atoms with Crippen LogP contribution in [0.4, 0.5) is 4.39 Å². The molecule has 5 heteroatoms. The molecule has 0 unspecified atom stereocenters. The molecule has 0 fully saturated rings. The van der Waals surface area contributed by atoms with E-state index >= 15 is 0 Å². The van der Waals surface area contributed by atoms with E-state index in [4.69, 9.17) is 5.11 Å². The van der Waals surface area contributed by atoms with Crippen molar-refractivity contribution in [3.63, 3.8) is 0 Å². The molecule has 0 aliphatic rings. The average molecular weight is 290 g/mol. The van der Waals surface area contributed by atoms with Gasteiger partial charge in [-0.25, -0.2) is 4.39 Å². The van der Waals surface area contributed by atoms with Crippen LogP contribution in [0.2, 0.25) is 0 Å². The summed E-state index contributed by atoms with van der Waals surface area (Å²) >= 11 is 0. The molecule has 0 aliphatic carbocycles. The number of hydrogen-bond donors (Lipinski definition) is 2.